The van der Waals surface area contributed by atoms with Gasteiger partial charge in [0.1, 0.15) is 0 Å². The number of benzene rings is 1. The Bertz CT molecular complexity index is 514. The van der Waals surface area contributed by atoms with E-state index in [1.165, 1.54) is 19.4 Å². The molecule has 0 unspecified atom stereocenters. The average molecular weight is 253 g/mol. The van der Waals surface area contributed by atoms with E-state index in [1.807, 2.05) is 0 Å². The van der Waals surface area contributed by atoms with Gasteiger partial charge < -0.3 is 15.6 Å². The van der Waals surface area contributed by atoms with Gasteiger partial charge in [-0.15, -0.1) is 0 Å². The monoisotopic (exact) mass is 253 g/mol. The number of nitrogens with one attached hydrogen (secondary N) is 2. The van der Waals surface area contributed by atoms with Crippen molar-refractivity contribution in [3.05, 3.63) is 27.8 Å². The summed E-state index contributed by atoms with van der Waals surface area (Å²) in [5, 5.41) is 30.6. The first-order valence-corrected chi connectivity index (χ1v) is 4.64. The maximum absolute atomic E-state index is 10.7. The number of nitrogens with two attached hydrogens (primary N) is 1. The molecule has 9 heteroatoms. The Kier molecular flexibility index (Phi) is 4.02. The largest absolute Gasteiger partial charge is 0.500 e. The van der Waals surface area contributed by atoms with Crippen molar-refractivity contribution < 1.29 is 14.8 Å². The van der Waals surface area contributed by atoms with Crippen LogP contribution in [-0.4, -0.2) is 29.3 Å². The second-order valence-corrected chi connectivity index (χ2v) is 3.13. The number of nitrogens with zero attached hydrogens (tertiary/aromatic N) is 2. The first kappa shape index (κ1) is 13.2. The molecule has 0 saturated heterocycles. The lowest BCUT2D eigenvalue weighted by molar-refractivity contribution is -0.386. The van der Waals surface area contributed by atoms with Crippen molar-refractivity contribution in [1.82, 2.24) is 5.43 Å². The molecule has 0 amide bonds. The first-order valence-electron chi connectivity index (χ1n) is 4.64. The summed E-state index contributed by atoms with van der Waals surface area (Å²) in [6, 6.07) is 2.47. The molecule has 0 fully saturated rings. The number of hydrogen-bond donors (Lipinski definition) is 4. The van der Waals surface area contributed by atoms with E-state index in [2.05, 4.69) is 10.5 Å². The number of hydrazone groups is 1. The first-order chi connectivity index (χ1) is 8.45. The van der Waals surface area contributed by atoms with Gasteiger partial charge in [-0.05, 0) is 6.07 Å². The molecule has 5 N–H and O–H groups in total. The van der Waals surface area contributed by atoms with Gasteiger partial charge in [0.25, 0.3) is 0 Å². The number of rotatable bonds is 4. The van der Waals surface area contributed by atoms with Crippen molar-refractivity contribution >= 4 is 17.9 Å². The van der Waals surface area contributed by atoms with Crippen LogP contribution in [0.5, 0.6) is 11.5 Å². The Morgan fingerprint density at radius 1 is 1.72 bits per heavy atom. The summed E-state index contributed by atoms with van der Waals surface area (Å²) < 4.78 is 4.80. The lowest BCUT2D eigenvalue weighted by atomic mass is 10.2. The fourth-order valence-corrected chi connectivity index (χ4v) is 1.16. The van der Waals surface area contributed by atoms with Crippen molar-refractivity contribution in [1.29, 1.82) is 5.41 Å². The highest BCUT2D eigenvalue weighted by Crippen LogP contribution is 2.36. The third kappa shape index (κ3) is 3.07. The minimum atomic E-state index is -0.742. The Hall–Kier alpha value is -2.84. The summed E-state index contributed by atoms with van der Waals surface area (Å²) in [4.78, 5) is 9.96. The molecule has 0 aromatic heterocycles. The van der Waals surface area contributed by atoms with Crippen LogP contribution in [-0.2, 0) is 0 Å². The maximum atomic E-state index is 10.7. The lowest BCUT2D eigenvalue weighted by Gasteiger charge is -2.04. The van der Waals surface area contributed by atoms with Crippen LogP contribution < -0.4 is 15.9 Å². The van der Waals surface area contributed by atoms with E-state index in [-0.39, 0.29) is 11.7 Å². The summed E-state index contributed by atoms with van der Waals surface area (Å²) in [6.45, 7) is 0. The number of ether oxygens (including phenoxy) is 1. The van der Waals surface area contributed by atoms with Gasteiger partial charge in [0.05, 0.1) is 18.2 Å². The molecule has 0 bridgehead atoms. The minimum absolute atomic E-state index is 0.0477. The normalized spacial score (nSPS) is 10.3. The van der Waals surface area contributed by atoms with Crippen molar-refractivity contribution in [2.45, 2.75) is 0 Å². The van der Waals surface area contributed by atoms with Gasteiger partial charge in [-0.3, -0.25) is 15.5 Å². The molecule has 0 aliphatic rings. The molecule has 18 heavy (non-hydrogen) atoms. The topological polar surface area (TPSA) is 147 Å². The molecule has 96 valence electrons. The molecular weight excluding hydrogens is 242 g/mol. The smallest absolute Gasteiger partial charge is 0.315 e. The number of phenols is 1. The van der Waals surface area contributed by atoms with E-state index in [4.69, 9.17) is 15.9 Å². The van der Waals surface area contributed by atoms with E-state index in [0.29, 0.717) is 5.56 Å². The highest BCUT2D eigenvalue weighted by atomic mass is 16.6. The Morgan fingerprint density at radius 2 is 2.39 bits per heavy atom. The van der Waals surface area contributed by atoms with E-state index in [0.717, 1.165) is 6.07 Å². The van der Waals surface area contributed by atoms with Crippen molar-refractivity contribution in [3.63, 3.8) is 0 Å². The molecular formula is C9H11N5O4. The van der Waals surface area contributed by atoms with Gasteiger partial charge in [0, 0.05) is 11.6 Å². The van der Waals surface area contributed by atoms with Crippen LogP contribution in [0.2, 0.25) is 0 Å². The summed E-state index contributed by atoms with van der Waals surface area (Å²) in [6.07, 6.45) is 1.20. The Labute approximate surface area is 102 Å². The van der Waals surface area contributed by atoms with Crippen molar-refractivity contribution in [3.8, 4) is 11.5 Å². The molecule has 9 nitrogen and oxygen atoms in total. The molecule has 0 aliphatic heterocycles. The minimum Gasteiger partial charge on any atom is -0.500 e. The number of phenolic OH excluding ortho intramolecular Hbond substituents is 1. The lowest BCUT2D eigenvalue weighted by Crippen LogP contribution is -2.25. The summed E-state index contributed by atoms with van der Waals surface area (Å²) in [5.41, 5.74) is 6.96. The molecule has 0 atom stereocenters. The van der Waals surface area contributed by atoms with Gasteiger partial charge in [-0.1, -0.05) is 0 Å². The fourth-order valence-electron chi connectivity index (χ4n) is 1.16. The van der Waals surface area contributed by atoms with E-state index >= 15 is 0 Å². The van der Waals surface area contributed by atoms with Gasteiger partial charge >= 0.3 is 5.69 Å². The average Bonchev–Trinajstić information content (AvgIpc) is 2.30. The predicted octanol–water partition coefficient (Wildman–Crippen LogP) is 0.126. The van der Waals surface area contributed by atoms with Crippen molar-refractivity contribution in [2.24, 2.45) is 10.8 Å². The molecule has 0 radical (unpaired) electrons. The van der Waals surface area contributed by atoms with Gasteiger partial charge in [0.15, 0.2) is 5.75 Å². The van der Waals surface area contributed by atoms with E-state index in [1.54, 1.807) is 0 Å². The van der Waals surface area contributed by atoms with Crippen LogP contribution in [0.4, 0.5) is 5.69 Å². The Morgan fingerprint density at radius 3 is 2.89 bits per heavy atom. The van der Waals surface area contributed by atoms with Crippen LogP contribution in [0, 0.1) is 15.5 Å². The zero-order valence-corrected chi connectivity index (χ0v) is 9.38. The zero-order chi connectivity index (χ0) is 13.7. The number of hydrogen-bond acceptors (Lipinski definition) is 6. The molecule has 0 heterocycles. The zero-order valence-electron chi connectivity index (χ0n) is 9.38. The molecule has 1 aromatic carbocycles. The molecule has 0 aliphatic carbocycles. The summed E-state index contributed by atoms with van der Waals surface area (Å²) in [7, 11) is 1.27. The van der Waals surface area contributed by atoms with E-state index < -0.39 is 16.4 Å². The van der Waals surface area contributed by atoms with Crippen LogP contribution >= 0.6 is 0 Å². The van der Waals surface area contributed by atoms with Crippen LogP contribution in [0.15, 0.2) is 17.2 Å². The Balaban J connectivity index is 3.13. The second-order valence-electron chi connectivity index (χ2n) is 3.13. The third-order valence-electron chi connectivity index (χ3n) is 1.89. The SMILES string of the molecule is COc1cc(/C=N/NC(=N)N)cc([N+](=O)[O-])c1O. The number of nitro groups is 1. The van der Waals surface area contributed by atoms with Gasteiger partial charge in [0.2, 0.25) is 11.7 Å². The molecule has 1 aromatic rings. The van der Waals surface area contributed by atoms with E-state index in [9.17, 15) is 15.2 Å². The quantitative estimate of drug-likeness (QED) is 0.259. The molecule has 1 rings (SSSR count). The van der Waals surface area contributed by atoms with Gasteiger partial charge in [-0.2, -0.15) is 5.10 Å². The second kappa shape index (κ2) is 5.48. The number of aromatic hydroxyl groups is 1. The standard InChI is InChI=1S/C9H11N5O4/c1-18-7-3-5(4-12-13-9(10)11)2-6(8(7)15)14(16)17/h2-4,15H,1H3,(H4,10,11,13)/b12-4+. The van der Waals surface area contributed by atoms with Crippen LogP contribution in [0.1, 0.15) is 5.56 Å². The highest BCUT2D eigenvalue weighted by Gasteiger charge is 2.19. The fraction of sp³-hybridized carbons (Fsp3) is 0.111. The van der Waals surface area contributed by atoms with Gasteiger partial charge in [-0.25, -0.2) is 5.43 Å². The van der Waals surface area contributed by atoms with Crippen LogP contribution in [0.3, 0.4) is 0 Å². The summed E-state index contributed by atoms with van der Waals surface area (Å²) >= 11 is 0. The highest BCUT2D eigenvalue weighted by molar-refractivity contribution is 5.84. The van der Waals surface area contributed by atoms with Crippen molar-refractivity contribution in [2.75, 3.05) is 7.11 Å². The number of methoxy groups -OCH3 is 1. The maximum Gasteiger partial charge on any atom is 0.315 e. The number of guanidine groups is 1. The number of nitro benzene ring substituents is 1. The van der Waals surface area contributed by atoms with Crippen LogP contribution in [0.25, 0.3) is 0 Å². The summed E-state index contributed by atoms with van der Waals surface area (Å²) in [5.74, 6) is -0.973. The third-order valence-corrected chi connectivity index (χ3v) is 1.89. The molecule has 0 spiro atoms. The molecule has 0 saturated carbocycles. The predicted molar refractivity (Wildman–Crippen MR) is 64.0 cm³/mol.